The van der Waals surface area contributed by atoms with Crippen molar-refractivity contribution < 1.29 is 9.53 Å². The molecule has 1 aliphatic heterocycles. The highest BCUT2D eigenvalue weighted by molar-refractivity contribution is 5.97. The number of benzene rings is 1. The highest BCUT2D eigenvalue weighted by Crippen LogP contribution is 2.25. The van der Waals surface area contributed by atoms with Gasteiger partial charge in [-0.1, -0.05) is 18.2 Å². The first-order valence-electron chi connectivity index (χ1n) is 7.65. The normalized spacial score (nSPS) is 13.9. The molecule has 0 N–H and O–H groups in total. The number of carbonyl (C=O) groups excluding carboxylic acids is 1. The Labute approximate surface area is 134 Å². The van der Waals surface area contributed by atoms with Crippen LogP contribution >= 0.6 is 0 Å². The fourth-order valence-corrected chi connectivity index (χ4v) is 3.13. The maximum atomic E-state index is 12.9. The Kier molecular flexibility index (Phi) is 3.26. The molecule has 0 aliphatic carbocycles. The van der Waals surface area contributed by atoms with Crippen LogP contribution in [0.25, 0.3) is 5.65 Å². The second-order valence-corrected chi connectivity index (χ2v) is 5.61. The van der Waals surface area contributed by atoms with Crippen LogP contribution in [0.3, 0.4) is 0 Å². The van der Waals surface area contributed by atoms with Crippen molar-refractivity contribution in [3.05, 3.63) is 65.6 Å². The predicted molar refractivity (Wildman–Crippen MR) is 86.6 cm³/mol. The van der Waals surface area contributed by atoms with Crippen molar-refractivity contribution in [3.8, 4) is 5.75 Å². The molecule has 1 amide bonds. The van der Waals surface area contributed by atoms with Crippen molar-refractivity contribution in [1.29, 1.82) is 0 Å². The summed E-state index contributed by atoms with van der Waals surface area (Å²) < 4.78 is 7.38. The summed E-state index contributed by atoms with van der Waals surface area (Å²) in [6, 6.07) is 13.3. The molecule has 2 aromatic heterocycles. The molecular weight excluding hydrogens is 290 g/mol. The highest BCUT2D eigenvalue weighted by atomic mass is 16.5. The number of aromatic nitrogens is 2. The van der Waals surface area contributed by atoms with E-state index in [1.54, 1.807) is 7.11 Å². The van der Waals surface area contributed by atoms with E-state index >= 15 is 0 Å². The molecular formula is C18H17N3O2. The van der Waals surface area contributed by atoms with Crippen LogP contribution in [-0.4, -0.2) is 33.8 Å². The summed E-state index contributed by atoms with van der Waals surface area (Å²) in [5.41, 5.74) is 3.71. The Balaban J connectivity index is 1.68. The Morgan fingerprint density at radius 1 is 1.17 bits per heavy atom. The van der Waals surface area contributed by atoms with Crippen LogP contribution in [0.4, 0.5) is 0 Å². The first-order chi connectivity index (χ1) is 11.3. The van der Waals surface area contributed by atoms with Crippen molar-refractivity contribution in [2.45, 2.75) is 13.0 Å². The molecule has 0 spiro atoms. The van der Waals surface area contributed by atoms with E-state index in [1.165, 1.54) is 0 Å². The van der Waals surface area contributed by atoms with E-state index in [0.717, 1.165) is 23.5 Å². The molecule has 0 atom stereocenters. The SMILES string of the molecule is COc1ccccc1C(=O)N1CCc2nc3ccccn3c2C1. The minimum absolute atomic E-state index is 0.000943. The summed E-state index contributed by atoms with van der Waals surface area (Å²) in [7, 11) is 1.59. The van der Waals surface area contributed by atoms with E-state index in [0.29, 0.717) is 24.4 Å². The van der Waals surface area contributed by atoms with Crippen LogP contribution in [0, 0.1) is 0 Å². The topological polar surface area (TPSA) is 46.8 Å². The van der Waals surface area contributed by atoms with E-state index in [2.05, 4.69) is 9.38 Å². The molecule has 3 heterocycles. The predicted octanol–water partition coefficient (Wildman–Crippen LogP) is 2.54. The van der Waals surface area contributed by atoms with Crippen LogP contribution in [0.15, 0.2) is 48.7 Å². The average Bonchev–Trinajstić information content (AvgIpc) is 2.99. The summed E-state index contributed by atoms with van der Waals surface area (Å²) in [5, 5.41) is 0. The van der Waals surface area contributed by atoms with Crippen LogP contribution in [0.1, 0.15) is 21.7 Å². The van der Waals surface area contributed by atoms with Gasteiger partial charge in [-0.05, 0) is 24.3 Å². The Morgan fingerprint density at radius 3 is 2.87 bits per heavy atom. The minimum Gasteiger partial charge on any atom is -0.496 e. The fourth-order valence-electron chi connectivity index (χ4n) is 3.13. The number of hydrogen-bond donors (Lipinski definition) is 0. The van der Waals surface area contributed by atoms with Crippen molar-refractivity contribution >= 4 is 11.6 Å². The first kappa shape index (κ1) is 13.8. The quantitative estimate of drug-likeness (QED) is 0.731. The van der Waals surface area contributed by atoms with Gasteiger partial charge in [0.2, 0.25) is 0 Å². The maximum Gasteiger partial charge on any atom is 0.257 e. The zero-order valence-electron chi connectivity index (χ0n) is 12.9. The van der Waals surface area contributed by atoms with E-state index in [1.807, 2.05) is 53.6 Å². The van der Waals surface area contributed by atoms with Crippen molar-refractivity contribution in [2.75, 3.05) is 13.7 Å². The second-order valence-electron chi connectivity index (χ2n) is 5.61. The van der Waals surface area contributed by atoms with Gasteiger partial charge >= 0.3 is 0 Å². The van der Waals surface area contributed by atoms with Gasteiger partial charge in [0.05, 0.1) is 30.6 Å². The molecule has 0 bridgehead atoms. The minimum atomic E-state index is -0.000943. The third kappa shape index (κ3) is 2.25. The number of hydrogen-bond acceptors (Lipinski definition) is 3. The summed E-state index contributed by atoms with van der Waals surface area (Å²) in [5.74, 6) is 0.612. The van der Waals surface area contributed by atoms with Crippen LogP contribution in [-0.2, 0) is 13.0 Å². The van der Waals surface area contributed by atoms with Gasteiger partial charge < -0.3 is 14.0 Å². The van der Waals surface area contributed by atoms with Crippen molar-refractivity contribution in [1.82, 2.24) is 14.3 Å². The molecule has 5 nitrogen and oxygen atoms in total. The summed E-state index contributed by atoms with van der Waals surface area (Å²) in [6.45, 7) is 1.24. The molecule has 5 heteroatoms. The number of rotatable bonds is 2. The van der Waals surface area contributed by atoms with Gasteiger partial charge in [0.15, 0.2) is 0 Å². The molecule has 0 radical (unpaired) electrons. The average molecular weight is 307 g/mol. The Morgan fingerprint density at radius 2 is 2.00 bits per heavy atom. The number of amides is 1. The molecule has 1 aromatic carbocycles. The van der Waals surface area contributed by atoms with Gasteiger partial charge in [-0.3, -0.25) is 4.79 Å². The highest BCUT2D eigenvalue weighted by Gasteiger charge is 2.26. The van der Waals surface area contributed by atoms with Crippen LogP contribution in [0.5, 0.6) is 5.75 Å². The van der Waals surface area contributed by atoms with Gasteiger partial charge in [-0.25, -0.2) is 4.98 Å². The zero-order valence-corrected chi connectivity index (χ0v) is 12.9. The molecule has 0 fully saturated rings. The van der Waals surface area contributed by atoms with E-state index in [9.17, 15) is 4.79 Å². The number of ether oxygens (including phenoxy) is 1. The van der Waals surface area contributed by atoms with E-state index in [-0.39, 0.29) is 5.91 Å². The van der Waals surface area contributed by atoms with Gasteiger partial charge in [-0.15, -0.1) is 0 Å². The number of para-hydroxylation sites is 1. The summed E-state index contributed by atoms with van der Waals surface area (Å²) in [4.78, 5) is 19.4. The molecule has 4 rings (SSSR count). The lowest BCUT2D eigenvalue weighted by atomic mass is 10.1. The molecule has 0 saturated heterocycles. The third-order valence-electron chi connectivity index (χ3n) is 4.30. The number of pyridine rings is 1. The summed E-state index contributed by atoms with van der Waals surface area (Å²) >= 11 is 0. The smallest absolute Gasteiger partial charge is 0.257 e. The van der Waals surface area contributed by atoms with Crippen molar-refractivity contribution in [3.63, 3.8) is 0 Å². The standard InChI is InChI=1S/C18H17N3O2/c1-23-16-7-3-2-6-13(16)18(22)20-11-9-14-15(12-20)21-10-5-4-8-17(21)19-14/h2-8,10H,9,11-12H2,1H3. The summed E-state index contributed by atoms with van der Waals surface area (Å²) in [6.07, 6.45) is 2.77. The van der Waals surface area contributed by atoms with E-state index < -0.39 is 0 Å². The zero-order chi connectivity index (χ0) is 15.8. The lowest BCUT2D eigenvalue weighted by molar-refractivity contribution is 0.0727. The van der Waals surface area contributed by atoms with Crippen LogP contribution in [0.2, 0.25) is 0 Å². The number of fused-ring (bicyclic) bond motifs is 3. The maximum absolute atomic E-state index is 12.9. The Bertz CT molecular complexity index is 885. The molecule has 116 valence electrons. The van der Waals surface area contributed by atoms with E-state index in [4.69, 9.17) is 4.74 Å². The lowest BCUT2D eigenvalue weighted by Crippen LogP contribution is -2.36. The van der Waals surface area contributed by atoms with Crippen LogP contribution < -0.4 is 4.74 Å². The number of methoxy groups -OCH3 is 1. The molecule has 23 heavy (non-hydrogen) atoms. The number of carbonyl (C=O) groups is 1. The molecule has 0 saturated carbocycles. The molecule has 3 aromatic rings. The van der Waals surface area contributed by atoms with Gasteiger partial charge in [0.25, 0.3) is 5.91 Å². The van der Waals surface area contributed by atoms with Gasteiger partial charge in [0, 0.05) is 19.2 Å². The molecule has 1 aliphatic rings. The van der Waals surface area contributed by atoms with Crippen molar-refractivity contribution in [2.24, 2.45) is 0 Å². The fraction of sp³-hybridized carbons (Fsp3) is 0.222. The van der Waals surface area contributed by atoms with Gasteiger partial charge in [0.1, 0.15) is 11.4 Å². The monoisotopic (exact) mass is 307 g/mol. The Hall–Kier alpha value is -2.82. The number of nitrogens with zero attached hydrogens (tertiary/aromatic N) is 3. The van der Waals surface area contributed by atoms with Gasteiger partial charge in [-0.2, -0.15) is 0 Å². The second kappa shape index (κ2) is 5.43. The lowest BCUT2D eigenvalue weighted by Gasteiger charge is -2.27. The largest absolute Gasteiger partial charge is 0.496 e. The number of imidazole rings is 1. The first-order valence-corrected chi connectivity index (χ1v) is 7.65. The molecule has 0 unspecified atom stereocenters. The third-order valence-corrected chi connectivity index (χ3v) is 4.30.